The molecule has 80 valence electrons. The first-order valence-corrected chi connectivity index (χ1v) is 4.83. The second kappa shape index (κ2) is 5.98. The van der Waals surface area contributed by atoms with Crippen LogP contribution in [0.25, 0.3) is 0 Å². The number of aliphatic hydroxyl groups excluding tert-OH is 1. The highest BCUT2D eigenvalue weighted by Crippen LogP contribution is 2.06. The number of carboxylic acids is 1. The van der Waals surface area contributed by atoms with Gasteiger partial charge in [0.2, 0.25) is 0 Å². The maximum absolute atomic E-state index is 10.2. The van der Waals surface area contributed by atoms with Crippen molar-refractivity contribution < 1.29 is 15.0 Å². The number of hydrogen-bond donors (Lipinski definition) is 2. The van der Waals surface area contributed by atoms with E-state index in [-0.39, 0.29) is 6.10 Å². The van der Waals surface area contributed by atoms with Gasteiger partial charge in [-0.25, -0.2) is 4.79 Å². The maximum Gasteiger partial charge on any atom is 0.335 e. The highest BCUT2D eigenvalue weighted by molar-refractivity contribution is 5.87. The fourth-order valence-electron chi connectivity index (χ4n) is 1.20. The van der Waals surface area contributed by atoms with Gasteiger partial charge in [0.15, 0.2) is 0 Å². The number of rotatable bonds is 1. The third-order valence-corrected chi connectivity index (χ3v) is 2.01. The Morgan fingerprint density at radius 3 is 2.20 bits per heavy atom. The predicted octanol–water partition coefficient (Wildman–Crippen LogP) is 2.08. The van der Waals surface area contributed by atoms with Gasteiger partial charge in [-0.15, -0.1) is 0 Å². The topological polar surface area (TPSA) is 57.5 Å². The van der Waals surface area contributed by atoms with E-state index in [2.05, 4.69) is 0 Å². The fraction of sp³-hybridized carbons (Fsp3) is 0.250. The molecule has 1 aliphatic rings. The normalized spacial score (nSPS) is 18.1. The van der Waals surface area contributed by atoms with Crippen LogP contribution in [0.4, 0.5) is 0 Å². The maximum atomic E-state index is 10.2. The fourth-order valence-corrected chi connectivity index (χ4v) is 1.20. The first-order valence-electron chi connectivity index (χ1n) is 4.83. The van der Waals surface area contributed by atoms with E-state index < -0.39 is 5.97 Å². The van der Waals surface area contributed by atoms with E-state index in [1.54, 1.807) is 30.3 Å². The molecule has 1 atom stereocenters. The summed E-state index contributed by atoms with van der Waals surface area (Å²) >= 11 is 0. The van der Waals surface area contributed by atoms with E-state index in [4.69, 9.17) is 10.2 Å². The summed E-state index contributed by atoms with van der Waals surface area (Å²) in [4.78, 5) is 10.2. The molecule has 0 amide bonds. The Labute approximate surface area is 88.7 Å². The standard InChI is InChI=1S/C7H6O2.C5H8O/c8-7(9)6-4-2-1-3-5-6;6-5-3-1-2-4-5/h1-5H,(H,8,9);1,3,5-6H,2,4H2/t;5-/m.0/s1. The van der Waals surface area contributed by atoms with E-state index in [0.29, 0.717) is 5.56 Å². The average molecular weight is 206 g/mol. The molecular weight excluding hydrogens is 192 g/mol. The van der Waals surface area contributed by atoms with Crippen LogP contribution >= 0.6 is 0 Å². The lowest BCUT2D eigenvalue weighted by molar-refractivity contribution is 0.0697. The molecule has 2 rings (SSSR count). The smallest absolute Gasteiger partial charge is 0.335 e. The molecule has 2 N–H and O–H groups in total. The zero-order valence-corrected chi connectivity index (χ0v) is 8.34. The summed E-state index contributed by atoms with van der Waals surface area (Å²) in [6.45, 7) is 0. The Balaban J connectivity index is 0.000000162. The molecule has 1 aliphatic carbocycles. The van der Waals surface area contributed by atoms with Gasteiger partial charge in [-0.05, 0) is 25.0 Å². The Morgan fingerprint density at radius 1 is 1.27 bits per heavy atom. The van der Waals surface area contributed by atoms with Crippen LogP contribution in [0.2, 0.25) is 0 Å². The van der Waals surface area contributed by atoms with E-state index in [1.165, 1.54) is 0 Å². The molecule has 15 heavy (non-hydrogen) atoms. The molecule has 0 heterocycles. The summed E-state index contributed by atoms with van der Waals surface area (Å²) in [6, 6.07) is 8.30. The number of aromatic carboxylic acids is 1. The van der Waals surface area contributed by atoms with Gasteiger partial charge >= 0.3 is 5.97 Å². The Hall–Kier alpha value is -1.61. The predicted molar refractivity (Wildman–Crippen MR) is 57.8 cm³/mol. The molecule has 0 unspecified atom stereocenters. The molecule has 0 radical (unpaired) electrons. The molecule has 3 heteroatoms. The van der Waals surface area contributed by atoms with Crippen molar-refractivity contribution in [3.63, 3.8) is 0 Å². The van der Waals surface area contributed by atoms with Gasteiger partial charge < -0.3 is 10.2 Å². The van der Waals surface area contributed by atoms with Crippen molar-refractivity contribution in [2.24, 2.45) is 0 Å². The molecule has 0 aliphatic heterocycles. The molecule has 3 nitrogen and oxygen atoms in total. The molecule has 0 saturated carbocycles. The average Bonchev–Trinajstić information content (AvgIpc) is 2.71. The summed E-state index contributed by atoms with van der Waals surface area (Å²) in [5.41, 5.74) is 0.331. The van der Waals surface area contributed by atoms with Crippen LogP contribution in [0.15, 0.2) is 42.5 Å². The SMILES string of the molecule is O=C(O)c1ccccc1.O[C@H]1C=CCC1. The van der Waals surface area contributed by atoms with Crippen molar-refractivity contribution in [2.45, 2.75) is 18.9 Å². The number of aliphatic hydroxyl groups is 1. The van der Waals surface area contributed by atoms with Crippen molar-refractivity contribution in [2.75, 3.05) is 0 Å². The summed E-state index contributed by atoms with van der Waals surface area (Å²) in [7, 11) is 0. The second-order valence-corrected chi connectivity index (χ2v) is 3.24. The number of allylic oxidation sites excluding steroid dienone is 1. The summed E-state index contributed by atoms with van der Waals surface area (Å²) in [5, 5.41) is 17.0. The van der Waals surface area contributed by atoms with Gasteiger partial charge in [-0.3, -0.25) is 0 Å². The molecule has 1 aromatic rings. The lowest BCUT2D eigenvalue weighted by atomic mass is 10.2. The van der Waals surface area contributed by atoms with Crippen molar-refractivity contribution >= 4 is 5.97 Å². The van der Waals surface area contributed by atoms with E-state index in [9.17, 15) is 4.79 Å². The second-order valence-electron chi connectivity index (χ2n) is 3.24. The highest BCUT2D eigenvalue weighted by atomic mass is 16.4. The van der Waals surface area contributed by atoms with Crippen LogP contribution < -0.4 is 0 Å². The molecule has 0 saturated heterocycles. The van der Waals surface area contributed by atoms with E-state index in [0.717, 1.165) is 12.8 Å². The van der Waals surface area contributed by atoms with Gasteiger partial charge in [0.25, 0.3) is 0 Å². The molecule has 0 fully saturated rings. The van der Waals surface area contributed by atoms with E-state index >= 15 is 0 Å². The third-order valence-electron chi connectivity index (χ3n) is 2.01. The monoisotopic (exact) mass is 206 g/mol. The Kier molecular flexibility index (Phi) is 4.57. The van der Waals surface area contributed by atoms with Crippen molar-refractivity contribution in [3.8, 4) is 0 Å². The number of hydrogen-bond acceptors (Lipinski definition) is 2. The van der Waals surface area contributed by atoms with Crippen LogP contribution in [-0.4, -0.2) is 22.3 Å². The molecule has 0 bridgehead atoms. The Morgan fingerprint density at radius 2 is 1.93 bits per heavy atom. The summed E-state index contributed by atoms with van der Waals surface area (Å²) < 4.78 is 0. The lowest BCUT2D eigenvalue weighted by Gasteiger charge is -1.89. The minimum Gasteiger partial charge on any atom is -0.478 e. The summed E-state index contributed by atoms with van der Waals surface area (Å²) in [6.07, 6.45) is 5.69. The lowest BCUT2D eigenvalue weighted by Crippen LogP contribution is -1.93. The van der Waals surface area contributed by atoms with Crippen molar-refractivity contribution in [3.05, 3.63) is 48.0 Å². The minimum absolute atomic E-state index is 0.134. The van der Waals surface area contributed by atoms with Crippen molar-refractivity contribution in [1.29, 1.82) is 0 Å². The largest absolute Gasteiger partial charge is 0.478 e. The van der Waals surface area contributed by atoms with Gasteiger partial charge in [-0.2, -0.15) is 0 Å². The van der Waals surface area contributed by atoms with Crippen LogP contribution in [0.5, 0.6) is 0 Å². The van der Waals surface area contributed by atoms with Crippen LogP contribution in [0.1, 0.15) is 23.2 Å². The van der Waals surface area contributed by atoms with Gasteiger partial charge in [0, 0.05) is 0 Å². The Bertz CT molecular complexity index is 330. The number of carbonyl (C=O) groups is 1. The first-order chi connectivity index (χ1) is 7.20. The minimum atomic E-state index is -0.879. The highest BCUT2D eigenvalue weighted by Gasteiger charge is 2.00. The summed E-state index contributed by atoms with van der Waals surface area (Å²) in [5.74, 6) is -0.879. The molecule has 0 spiro atoms. The van der Waals surface area contributed by atoms with Gasteiger partial charge in [-0.1, -0.05) is 30.4 Å². The van der Waals surface area contributed by atoms with Gasteiger partial charge in [0.05, 0.1) is 11.7 Å². The van der Waals surface area contributed by atoms with Crippen LogP contribution in [0.3, 0.4) is 0 Å². The van der Waals surface area contributed by atoms with Crippen molar-refractivity contribution in [1.82, 2.24) is 0 Å². The van der Waals surface area contributed by atoms with E-state index in [1.807, 2.05) is 12.2 Å². The third kappa shape index (κ3) is 4.42. The molecule has 0 aromatic heterocycles. The van der Waals surface area contributed by atoms with Gasteiger partial charge in [0.1, 0.15) is 0 Å². The number of benzene rings is 1. The zero-order chi connectivity index (χ0) is 11.1. The van der Waals surface area contributed by atoms with Crippen LogP contribution in [-0.2, 0) is 0 Å². The molecular formula is C12H14O3. The first kappa shape index (κ1) is 11.5. The zero-order valence-electron chi connectivity index (χ0n) is 8.34. The quantitative estimate of drug-likeness (QED) is 0.692. The van der Waals surface area contributed by atoms with Crippen LogP contribution in [0, 0.1) is 0 Å². The number of carboxylic acid groups (broad SMARTS) is 1. The molecule has 1 aromatic carbocycles.